The van der Waals surface area contributed by atoms with E-state index in [2.05, 4.69) is 0 Å². The highest BCUT2D eigenvalue weighted by Crippen LogP contribution is 2.24. The highest BCUT2D eigenvalue weighted by molar-refractivity contribution is 7.89. The molecule has 1 aliphatic heterocycles. The second-order valence-electron chi connectivity index (χ2n) is 3.90. The number of nitrogens with two attached hydrogens (primary N) is 1. The van der Waals surface area contributed by atoms with E-state index < -0.39 is 27.8 Å². The van der Waals surface area contributed by atoms with Gasteiger partial charge in [-0.3, -0.25) is 0 Å². The van der Waals surface area contributed by atoms with Crippen molar-refractivity contribution in [3.8, 4) is 0 Å². The average molecular weight is 262 g/mol. The van der Waals surface area contributed by atoms with E-state index in [1.54, 1.807) is 0 Å². The van der Waals surface area contributed by atoms with Gasteiger partial charge in [0.25, 0.3) is 0 Å². The number of halogens is 2. The zero-order chi connectivity index (χ0) is 12.6. The molecular weight excluding hydrogens is 250 g/mol. The average Bonchev–Trinajstić information content (AvgIpc) is 2.69. The van der Waals surface area contributed by atoms with Crippen molar-refractivity contribution in [1.29, 1.82) is 0 Å². The SMILES string of the molecule is NC1CCCN1S(=O)(=O)c1ccc(F)c(F)c1. The van der Waals surface area contributed by atoms with Crippen LogP contribution in [-0.4, -0.2) is 25.4 Å². The van der Waals surface area contributed by atoms with Gasteiger partial charge in [-0.15, -0.1) is 0 Å². The van der Waals surface area contributed by atoms with E-state index in [-0.39, 0.29) is 4.90 Å². The Bertz CT molecular complexity index is 533. The molecule has 0 aliphatic carbocycles. The molecule has 1 unspecified atom stereocenters. The first-order valence-electron chi connectivity index (χ1n) is 5.15. The van der Waals surface area contributed by atoms with Crippen molar-refractivity contribution in [2.45, 2.75) is 23.9 Å². The number of hydrogen-bond acceptors (Lipinski definition) is 3. The summed E-state index contributed by atoms with van der Waals surface area (Å²) in [5, 5.41) is 0. The van der Waals surface area contributed by atoms with Crippen LogP contribution in [-0.2, 0) is 10.0 Å². The molecular formula is C10H12F2N2O2S. The molecule has 0 amide bonds. The Kier molecular flexibility index (Phi) is 3.15. The molecule has 1 aliphatic rings. The lowest BCUT2D eigenvalue weighted by molar-refractivity contribution is 0.395. The third kappa shape index (κ3) is 2.18. The van der Waals surface area contributed by atoms with E-state index in [1.165, 1.54) is 0 Å². The second kappa shape index (κ2) is 4.32. The van der Waals surface area contributed by atoms with E-state index in [0.717, 1.165) is 16.4 Å². The highest BCUT2D eigenvalue weighted by Gasteiger charge is 2.33. The number of nitrogens with zero attached hydrogens (tertiary/aromatic N) is 1. The minimum Gasteiger partial charge on any atom is -0.315 e. The summed E-state index contributed by atoms with van der Waals surface area (Å²) in [5.74, 6) is -2.26. The van der Waals surface area contributed by atoms with E-state index in [1.807, 2.05) is 0 Å². The molecule has 2 N–H and O–H groups in total. The maximum absolute atomic E-state index is 13.0. The third-order valence-electron chi connectivity index (χ3n) is 2.75. The van der Waals surface area contributed by atoms with Gasteiger partial charge in [0.1, 0.15) is 0 Å². The molecule has 17 heavy (non-hydrogen) atoms. The zero-order valence-electron chi connectivity index (χ0n) is 8.94. The molecule has 1 fully saturated rings. The first-order chi connectivity index (χ1) is 7.93. The van der Waals surface area contributed by atoms with Crippen molar-refractivity contribution < 1.29 is 17.2 Å². The summed E-state index contributed by atoms with van der Waals surface area (Å²) in [4.78, 5) is -0.270. The lowest BCUT2D eigenvalue weighted by atomic mass is 10.3. The van der Waals surface area contributed by atoms with Crippen molar-refractivity contribution in [1.82, 2.24) is 4.31 Å². The molecule has 2 rings (SSSR count). The number of sulfonamides is 1. The van der Waals surface area contributed by atoms with Crippen LogP contribution in [0.5, 0.6) is 0 Å². The second-order valence-corrected chi connectivity index (χ2v) is 5.79. The quantitative estimate of drug-likeness (QED) is 0.866. The first kappa shape index (κ1) is 12.4. The first-order valence-corrected chi connectivity index (χ1v) is 6.59. The van der Waals surface area contributed by atoms with E-state index >= 15 is 0 Å². The van der Waals surface area contributed by atoms with Gasteiger partial charge in [-0.1, -0.05) is 0 Å². The van der Waals surface area contributed by atoms with Gasteiger partial charge in [-0.05, 0) is 31.0 Å². The molecule has 1 aromatic carbocycles. The van der Waals surface area contributed by atoms with Crippen LogP contribution in [0.15, 0.2) is 23.1 Å². The van der Waals surface area contributed by atoms with Crippen LogP contribution in [0.2, 0.25) is 0 Å². The molecule has 0 aromatic heterocycles. The Morgan fingerprint density at radius 1 is 1.29 bits per heavy atom. The summed E-state index contributed by atoms with van der Waals surface area (Å²) < 4.78 is 51.0. The van der Waals surface area contributed by atoms with Crippen molar-refractivity contribution in [2.24, 2.45) is 5.73 Å². The summed E-state index contributed by atoms with van der Waals surface area (Å²) in [7, 11) is -3.83. The van der Waals surface area contributed by atoms with Crippen LogP contribution in [0.1, 0.15) is 12.8 Å². The molecule has 0 spiro atoms. The summed E-state index contributed by atoms with van der Waals surface area (Å²) in [6, 6.07) is 2.51. The van der Waals surface area contributed by atoms with Crippen molar-refractivity contribution >= 4 is 10.0 Å². The minimum absolute atomic E-state index is 0.270. The smallest absolute Gasteiger partial charge is 0.244 e. The van der Waals surface area contributed by atoms with Gasteiger partial charge >= 0.3 is 0 Å². The Hall–Kier alpha value is -1.05. The Balaban J connectivity index is 2.41. The highest BCUT2D eigenvalue weighted by atomic mass is 32.2. The van der Waals surface area contributed by atoms with Crippen LogP contribution in [0.3, 0.4) is 0 Å². The molecule has 1 saturated heterocycles. The molecule has 0 saturated carbocycles. The van der Waals surface area contributed by atoms with Gasteiger partial charge in [0.05, 0.1) is 11.1 Å². The maximum atomic E-state index is 13.0. The summed E-state index contributed by atoms with van der Waals surface area (Å²) >= 11 is 0. The van der Waals surface area contributed by atoms with E-state index in [0.29, 0.717) is 25.5 Å². The maximum Gasteiger partial charge on any atom is 0.244 e. The molecule has 1 atom stereocenters. The van der Waals surface area contributed by atoms with Gasteiger partial charge < -0.3 is 5.73 Å². The number of hydrogen-bond donors (Lipinski definition) is 1. The van der Waals surface area contributed by atoms with E-state index in [9.17, 15) is 17.2 Å². The zero-order valence-corrected chi connectivity index (χ0v) is 9.75. The van der Waals surface area contributed by atoms with Gasteiger partial charge in [0.2, 0.25) is 10.0 Å². The summed E-state index contributed by atoms with van der Waals surface area (Å²) in [6.45, 7) is 0.308. The van der Waals surface area contributed by atoms with Crippen LogP contribution >= 0.6 is 0 Å². The predicted molar refractivity (Wildman–Crippen MR) is 57.5 cm³/mol. The lowest BCUT2D eigenvalue weighted by Gasteiger charge is -2.20. The standard InChI is InChI=1S/C10H12F2N2O2S/c11-8-4-3-7(6-9(8)12)17(15,16)14-5-1-2-10(14)13/h3-4,6,10H,1-2,5,13H2. The van der Waals surface area contributed by atoms with E-state index in [4.69, 9.17) is 5.73 Å². The van der Waals surface area contributed by atoms with Crippen molar-refractivity contribution in [3.05, 3.63) is 29.8 Å². The molecule has 1 aromatic rings. The van der Waals surface area contributed by atoms with Gasteiger partial charge in [0.15, 0.2) is 11.6 Å². The lowest BCUT2D eigenvalue weighted by Crippen LogP contribution is -2.40. The summed E-state index contributed by atoms with van der Waals surface area (Å²) in [6.07, 6.45) is 0.653. The molecule has 4 nitrogen and oxygen atoms in total. The molecule has 94 valence electrons. The third-order valence-corrected chi connectivity index (χ3v) is 4.67. The van der Waals surface area contributed by atoms with Crippen molar-refractivity contribution in [2.75, 3.05) is 6.54 Å². The normalized spacial score (nSPS) is 21.9. The Morgan fingerprint density at radius 3 is 2.53 bits per heavy atom. The van der Waals surface area contributed by atoms with Crippen LogP contribution in [0.25, 0.3) is 0 Å². The largest absolute Gasteiger partial charge is 0.315 e. The molecule has 1 heterocycles. The van der Waals surface area contributed by atoms with Gasteiger partial charge in [0, 0.05) is 6.54 Å². The molecule has 0 bridgehead atoms. The minimum atomic E-state index is -3.83. The monoisotopic (exact) mass is 262 g/mol. The predicted octanol–water partition coefficient (Wildman–Crippen LogP) is 1.03. The van der Waals surface area contributed by atoms with Gasteiger partial charge in [-0.25, -0.2) is 17.2 Å². The number of benzene rings is 1. The molecule has 0 radical (unpaired) electrons. The van der Waals surface area contributed by atoms with Crippen molar-refractivity contribution in [3.63, 3.8) is 0 Å². The Labute approximate surface area is 98.1 Å². The summed E-state index contributed by atoms with van der Waals surface area (Å²) in [5.41, 5.74) is 5.65. The fourth-order valence-electron chi connectivity index (χ4n) is 1.84. The van der Waals surface area contributed by atoms with Crippen LogP contribution in [0, 0.1) is 11.6 Å². The molecule has 7 heteroatoms. The van der Waals surface area contributed by atoms with Crippen LogP contribution in [0.4, 0.5) is 8.78 Å². The Morgan fingerprint density at radius 2 is 2.00 bits per heavy atom. The van der Waals surface area contributed by atoms with Crippen LogP contribution < -0.4 is 5.73 Å². The fraction of sp³-hybridized carbons (Fsp3) is 0.400. The fourth-order valence-corrected chi connectivity index (χ4v) is 3.43. The van der Waals surface area contributed by atoms with Gasteiger partial charge in [-0.2, -0.15) is 4.31 Å². The topological polar surface area (TPSA) is 63.4 Å². The number of rotatable bonds is 2.